The first-order valence-electron chi connectivity index (χ1n) is 5.12. The van der Waals surface area contributed by atoms with E-state index in [2.05, 4.69) is 44.0 Å². The molecule has 1 aliphatic rings. The molecule has 0 N–H and O–H groups in total. The first-order valence-corrected chi connectivity index (χ1v) is 7.85. The molecule has 15 heavy (non-hydrogen) atoms. The standard InChI is InChI=1S/C11H14Br2OS/c12-8-11(3-5-14-6-4-11)7-9-1-2-10(13)15-9/h1-2H,3-8H2. The first-order chi connectivity index (χ1) is 7.24. The molecule has 0 aromatic carbocycles. The molecule has 0 unspecified atom stereocenters. The fourth-order valence-corrected chi connectivity index (χ4v) is 4.39. The van der Waals surface area contributed by atoms with E-state index in [0.29, 0.717) is 5.41 Å². The monoisotopic (exact) mass is 352 g/mol. The summed E-state index contributed by atoms with van der Waals surface area (Å²) < 4.78 is 6.67. The Morgan fingerprint density at radius 2 is 2.07 bits per heavy atom. The number of alkyl halides is 1. The smallest absolute Gasteiger partial charge is 0.0701 e. The van der Waals surface area contributed by atoms with Crippen LogP contribution < -0.4 is 0 Å². The number of rotatable bonds is 3. The molecule has 0 saturated carbocycles. The van der Waals surface area contributed by atoms with Crippen LogP contribution in [0.3, 0.4) is 0 Å². The molecule has 84 valence electrons. The Labute approximate surface area is 111 Å². The van der Waals surface area contributed by atoms with Gasteiger partial charge in [-0.15, -0.1) is 11.3 Å². The SMILES string of the molecule is BrCC1(Cc2ccc(Br)s2)CCOCC1. The van der Waals surface area contributed by atoms with Crippen molar-refractivity contribution in [3.63, 3.8) is 0 Å². The van der Waals surface area contributed by atoms with Crippen LogP contribution in [0.5, 0.6) is 0 Å². The van der Waals surface area contributed by atoms with Crippen LogP contribution >= 0.6 is 43.2 Å². The van der Waals surface area contributed by atoms with Crippen LogP contribution in [0.1, 0.15) is 17.7 Å². The van der Waals surface area contributed by atoms with Gasteiger partial charge in [0.1, 0.15) is 0 Å². The Balaban J connectivity index is 2.06. The maximum Gasteiger partial charge on any atom is 0.0701 e. The zero-order chi connectivity index (χ0) is 10.7. The molecule has 0 aliphatic carbocycles. The maximum atomic E-state index is 5.44. The third-order valence-corrected chi connectivity index (χ3v) is 5.83. The van der Waals surface area contributed by atoms with Gasteiger partial charge in [0.25, 0.3) is 0 Å². The van der Waals surface area contributed by atoms with E-state index in [9.17, 15) is 0 Å². The Bertz CT molecular complexity index is 318. The second-order valence-electron chi connectivity index (χ2n) is 4.13. The fourth-order valence-electron chi connectivity index (χ4n) is 1.98. The summed E-state index contributed by atoms with van der Waals surface area (Å²) in [6.07, 6.45) is 3.53. The van der Waals surface area contributed by atoms with E-state index in [4.69, 9.17) is 4.74 Å². The van der Waals surface area contributed by atoms with Crippen LogP contribution in [0.4, 0.5) is 0 Å². The highest BCUT2D eigenvalue weighted by atomic mass is 79.9. The van der Waals surface area contributed by atoms with Crippen molar-refractivity contribution in [3.05, 3.63) is 20.8 Å². The van der Waals surface area contributed by atoms with Gasteiger partial charge in [0.15, 0.2) is 0 Å². The average molecular weight is 354 g/mol. The Morgan fingerprint density at radius 1 is 1.33 bits per heavy atom. The van der Waals surface area contributed by atoms with Gasteiger partial charge in [-0.25, -0.2) is 0 Å². The van der Waals surface area contributed by atoms with Gasteiger partial charge in [0.05, 0.1) is 3.79 Å². The molecule has 0 bridgehead atoms. The second-order valence-corrected chi connectivity index (χ2v) is 7.24. The summed E-state index contributed by atoms with van der Waals surface area (Å²) in [6.45, 7) is 1.83. The van der Waals surface area contributed by atoms with Gasteiger partial charge in [0.2, 0.25) is 0 Å². The van der Waals surface area contributed by atoms with Gasteiger partial charge in [-0.2, -0.15) is 0 Å². The molecule has 2 heterocycles. The molecule has 4 heteroatoms. The number of hydrogen-bond acceptors (Lipinski definition) is 2. The summed E-state index contributed by atoms with van der Waals surface area (Å²) >= 11 is 9.04. The van der Waals surface area contributed by atoms with Crippen molar-refractivity contribution in [1.82, 2.24) is 0 Å². The predicted molar refractivity (Wildman–Crippen MR) is 72.0 cm³/mol. The highest BCUT2D eigenvalue weighted by Crippen LogP contribution is 2.38. The highest BCUT2D eigenvalue weighted by Gasteiger charge is 2.32. The summed E-state index contributed by atoms with van der Waals surface area (Å²) in [5.41, 5.74) is 0.419. The van der Waals surface area contributed by atoms with E-state index in [0.717, 1.165) is 18.5 Å². The van der Waals surface area contributed by atoms with Crippen LogP contribution in [-0.4, -0.2) is 18.5 Å². The quantitative estimate of drug-likeness (QED) is 0.738. The minimum Gasteiger partial charge on any atom is -0.381 e. The van der Waals surface area contributed by atoms with Crippen molar-refractivity contribution >= 4 is 43.2 Å². The van der Waals surface area contributed by atoms with Crippen LogP contribution in [0.2, 0.25) is 0 Å². The fraction of sp³-hybridized carbons (Fsp3) is 0.636. The third-order valence-electron chi connectivity index (χ3n) is 3.02. The van der Waals surface area contributed by atoms with Crippen molar-refractivity contribution in [2.45, 2.75) is 19.3 Å². The molecule has 1 fully saturated rings. The largest absolute Gasteiger partial charge is 0.381 e. The summed E-state index contributed by atoms with van der Waals surface area (Å²) in [7, 11) is 0. The third kappa shape index (κ3) is 3.05. The van der Waals surface area contributed by atoms with Crippen LogP contribution in [0.25, 0.3) is 0 Å². The summed E-state index contributed by atoms with van der Waals surface area (Å²) in [6, 6.07) is 4.37. The number of thiophene rings is 1. The Hall–Kier alpha value is 0.620. The second kappa shape index (κ2) is 5.30. The predicted octanol–water partition coefficient (Wildman–Crippen LogP) is 4.24. The van der Waals surface area contributed by atoms with E-state index in [1.165, 1.54) is 27.9 Å². The van der Waals surface area contributed by atoms with Crippen LogP contribution in [0.15, 0.2) is 15.9 Å². The van der Waals surface area contributed by atoms with Gasteiger partial charge in [-0.1, -0.05) is 15.9 Å². The minimum atomic E-state index is 0.419. The topological polar surface area (TPSA) is 9.23 Å². The summed E-state index contributed by atoms with van der Waals surface area (Å²) in [5, 5.41) is 1.08. The van der Waals surface area contributed by atoms with E-state index in [1.54, 1.807) is 0 Å². The van der Waals surface area contributed by atoms with Crippen molar-refractivity contribution < 1.29 is 4.74 Å². The summed E-state index contributed by atoms with van der Waals surface area (Å²) in [4.78, 5) is 1.48. The molecular formula is C11H14Br2OS. The Kier molecular flexibility index (Phi) is 4.27. The molecule has 1 saturated heterocycles. The van der Waals surface area contributed by atoms with Gasteiger partial charge < -0.3 is 4.74 Å². The van der Waals surface area contributed by atoms with Crippen molar-refractivity contribution in [2.75, 3.05) is 18.5 Å². The van der Waals surface area contributed by atoms with E-state index in [1.807, 2.05) is 11.3 Å². The zero-order valence-corrected chi connectivity index (χ0v) is 12.5. The molecule has 2 rings (SSSR count). The van der Waals surface area contributed by atoms with Crippen LogP contribution in [-0.2, 0) is 11.2 Å². The minimum absolute atomic E-state index is 0.419. The van der Waals surface area contributed by atoms with E-state index >= 15 is 0 Å². The number of ether oxygens (including phenoxy) is 1. The highest BCUT2D eigenvalue weighted by molar-refractivity contribution is 9.11. The van der Waals surface area contributed by atoms with Crippen molar-refractivity contribution in [3.8, 4) is 0 Å². The Morgan fingerprint density at radius 3 is 2.60 bits per heavy atom. The van der Waals surface area contributed by atoms with Gasteiger partial charge in [-0.05, 0) is 52.7 Å². The molecule has 0 amide bonds. The molecule has 1 aromatic heterocycles. The average Bonchev–Trinajstić information content (AvgIpc) is 2.65. The zero-order valence-electron chi connectivity index (χ0n) is 8.47. The van der Waals surface area contributed by atoms with Crippen molar-refractivity contribution in [1.29, 1.82) is 0 Å². The molecule has 1 aromatic rings. The lowest BCUT2D eigenvalue weighted by molar-refractivity contribution is 0.0273. The molecule has 0 radical (unpaired) electrons. The molecule has 0 spiro atoms. The normalized spacial score (nSPS) is 20.4. The molecule has 1 nitrogen and oxygen atoms in total. The van der Waals surface area contributed by atoms with Gasteiger partial charge >= 0.3 is 0 Å². The molecule has 0 atom stereocenters. The van der Waals surface area contributed by atoms with Crippen LogP contribution in [0, 0.1) is 5.41 Å². The lowest BCUT2D eigenvalue weighted by Crippen LogP contribution is -2.32. The van der Waals surface area contributed by atoms with E-state index < -0.39 is 0 Å². The van der Waals surface area contributed by atoms with Crippen molar-refractivity contribution in [2.24, 2.45) is 5.41 Å². The van der Waals surface area contributed by atoms with Gasteiger partial charge in [0, 0.05) is 23.4 Å². The number of halogens is 2. The van der Waals surface area contributed by atoms with E-state index in [-0.39, 0.29) is 0 Å². The number of hydrogen-bond donors (Lipinski definition) is 0. The van der Waals surface area contributed by atoms with Gasteiger partial charge in [-0.3, -0.25) is 0 Å². The molecular weight excluding hydrogens is 340 g/mol. The maximum absolute atomic E-state index is 5.44. The molecule has 1 aliphatic heterocycles. The lowest BCUT2D eigenvalue weighted by Gasteiger charge is -2.35. The summed E-state index contributed by atoms with van der Waals surface area (Å²) in [5.74, 6) is 0. The lowest BCUT2D eigenvalue weighted by atomic mass is 9.79. The first kappa shape index (κ1) is 12.1.